The third-order valence-electron chi connectivity index (χ3n) is 3.61. The lowest BCUT2D eigenvalue weighted by Gasteiger charge is -2.35. The van der Waals surface area contributed by atoms with E-state index in [0.717, 1.165) is 18.5 Å². The maximum Gasteiger partial charge on any atom is 0.304 e. The first-order chi connectivity index (χ1) is 8.89. The van der Waals surface area contributed by atoms with Crippen LogP contribution in [0.2, 0.25) is 0 Å². The summed E-state index contributed by atoms with van der Waals surface area (Å²) in [6.45, 7) is 7.72. The van der Waals surface area contributed by atoms with Gasteiger partial charge < -0.3 is 4.42 Å². The second kappa shape index (κ2) is 5.35. The fourth-order valence-electron chi connectivity index (χ4n) is 2.56. The van der Waals surface area contributed by atoms with Gasteiger partial charge in [0.1, 0.15) is 6.26 Å². The van der Waals surface area contributed by atoms with Crippen LogP contribution in [-0.4, -0.2) is 16.9 Å². The second-order valence-corrected chi connectivity index (χ2v) is 6.49. The predicted octanol–water partition coefficient (Wildman–Crippen LogP) is 3.69. The summed E-state index contributed by atoms with van der Waals surface area (Å²) in [6, 6.07) is 0.697. The number of nitrogens with zero attached hydrogens (tertiary/aromatic N) is 2. The van der Waals surface area contributed by atoms with Crippen molar-refractivity contribution in [2.45, 2.75) is 65.8 Å². The third-order valence-corrected chi connectivity index (χ3v) is 3.61. The number of carbonyl (C=O) groups is 1. The van der Waals surface area contributed by atoms with Crippen LogP contribution < -0.4 is 4.90 Å². The number of amides is 1. The summed E-state index contributed by atoms with van der Waals surface area (Å²) in [5.74, 6) is 0.0984. The lowest BCUT2D eigenvalue weighted by Crippen LogP contribution is -2.47. The molecule has 1 aromatic rings. The summed E-state index contributed by atoms with van der Waals surface area (Å²) < 4.78 is 5.49. The van der Waals surface area contributed by atoms with Crippen molar-refractivity contribution in [1.82, 2.24) is 4.98 Å². The monoisotopic (exact) mass is 264 g/mol. The Morgan fingerprint density at radius 2 is 1.95 bits per heavy atom. The van der Waals surface area contributed by atoms with E-state index in [2.05, 4.69) is 4.98 Å². The van der Waals surface area contributed by atoms with Crippen LogP contribution in [-0.2, 0) is 4.79 Å². The number of aromatic nitrogens is 1. The van der Waals surface area contributed by atoms with Crippen molar-refractivity contribution >= 4 is 11.9 Å². The summed E-state index contributed by atoms with van der Waals surface area (Å²) in [6.07, 6.45) is 7.32. The Morgan fingerprint density at radius 3 is 2.42 bits per heavy atom. The highest BCUT2D eigenvalue weighted by Gasteiger charge is 2.36. The molecule has 1 aliphatic rings. The van der Waals surface area contributed by atoms with Crippen molar-refractivity contribution in [2.24, 2.45) is 5.41 Å². The van der Waals surface area contributed by atoms with E-state index in [0.29, 0.717) is 6.01 Å². The Bertz CT molecular complexity index is 439. The number of rotatable bonds is 2. The van der Waals surface area contributed by atoms with Crippen LogP contribution in [0.4, 0.5) is 6.01 Å². The summed E-state index contributed by atoms with van der Waals surface area (Å²) in [5, 5.41) is 0. The Hall–Kier alpha value is -1.32. The molecule has 0 spiro atoms. The first-order valence-electron chi connectivity index (χ1n) is 7.15. The molecular weight excluding hydrogens is 240 g/mol. The first kappa shape index (κ1) is 14.1. The predicted molar refractivity (Wildman–Crippen MR) is 75.1 cm³/mol. The molecule has 1 amide bonds. The maximum absolute atomic E-state index is 12.7. The molecule has 1 fully saturated rings. The zero-order chi connectivity index (χ0) is 14.0. The SMILES string of the molecule is Cc1coc(N(C(=O)C(C)(C)C)C2CCCCC2)n1. The Kier molecular flexibility index (Phi) is 3.97. The van der Waals surface area contributed by atoms with Crippen LogP contribution in [0.5, 0.6) is 0 Å². The Labute approximate surface area is 115 Å². The molecule has 0 bridgehead atoms. The lowest BCUT2D eigenvalue weighted by molar-refractivity contribution is -0.126. The van der Waals surface area contributed by atoms with E-state index < -0.39 is 5.41 Å². The molecule has 0 N–H and O–H groups in total. The van der Waals surface area contributed by atoms with Gasteiger partial charge >= 0.3 is 6.01 Å². The number of anilines is 1. The van der Waals surface area contributed by atoms with Gasteiger partial charge in [-0.1, -0.05) is 40.0 Å². The highest BCUT2D eigenvalue weighted by Crippen LogP contribution is 2.31. The van der Waals surface area contributed by atoms with Gasteiger partial charge in [0.2, 0.25) is 5.91 Å². The lowest BCUT2D eigenvalue weighted by atomic mass is 9.90. The summed E-state index contributed by atoms with van der Waals surface area (Å²) >= 11 is 0. The molecule has 0 unspecified atom stereocenters. The van der Waals surface area contributed by atoms with E-state index in [-0.39, 0.29) is 11.9 Å². The molecule has 1 heterocycles. The normalized spacial score (nSPS) is 17.5. The molecule has 0 radical (unpaired) electrons. The standard InChI is InChI=1S/C15H24N2O2/c1-11-10-19-14(16-11)17(13(18)15(2,3)4)12-8-6-5-7-9-12/h10,12H,5-9H2,1-4H3. The van der Waals surface area contributed by atoms with Crippen LogP contribution >= 0.6 is 0 Å². The van der Waals surface area contributed by atoms with Crippen molar-refractivity contribution < 1.29 is 9.21 Å². The third kappa shape index (κ3) is 3.17. The highest BCUT2D eigenvalue weighted by molar-refractivity contribution is 5.95. The average Bonchev–Trinajstić information content (AvgIpc) is 2.76. The molecule has 0 saturated heterocycles. The number of oxazole rings is 1. The van der Waals surface area contributed by atoms with Gasteiger partial charge in [0.05, 0.1) is 5.69 Å². The molecule has 0 aliphatic heterocycles. The van der Waals surface area contributed by atoms with Gasteiger partial charge in [0.15, 0.2) is 0 Å². The van der Waals surface area contributed by atoms with Gasteiger partial charge in [-0.3, -0.25) is 9.69 Å². The van der Waals surface area contributed by atoms with Gasteiger partial charge in [0.25, 0.3) is 0 Å². The van der Waals surface area contributed by atoms with E-state index in [1.54, 1.807) is 11.2 Å². The van der Waals surface area contributed by atoms with Crippen LogP contribution in [0.1, 0.15) is 58.6 Å². The van der Waals surface area contributed by atoms with Crippen molar-refractivity contribution in [3.8, 4) is 0 Å². The zero-order valence-corrected chi connectivity index (χ0v) is 12.4. The minimum absolute atomic E-state index is 0.0984. The van der Waals surface area contributed by atoms with Crippen molar-refractivity contribution in [3.63, 3.8) is 0 Å². The molecule has 1 aromatic heterocycles. The van der Waals surface area contributed by atoms with Crippen LogP contribution in [0.3, 0.4) is 0 Å². The molecule has 2 rings (SSSR count). The minimum Gasteiger partial charge on any atom is -0.431 e. The molecular formula is C15H24N2O2. The summed E-state index contributed by atoms with van der Waals surface area (Å²) in [5.41, 5.74) is 0.400. The zero-order valence-electron chi connectivity index (χ0n) is 12.4. The second-order valence-electron chi connectivity index (χ2n) is 6.49. The maximum atomic E-state index is 12.7. The number of hydrogen-bond donors (Lipinski definition) is 0. The van der Waals surface area contributed by atoms with Crippen molar-refractivity contribution in [1.29, 1.82) is 0 Å². The first-order valence-corrected chi connectivity index (χ1v) is 7.15. The topological polar surface area (TPSA) is 46.3 Å². The number of aryl methyl sites for hydroxylation is 1. The average molecular weight is 264 g/mol. The smallest absolute Gasteiger partial charge is 0.304 e. The summed E-state index contributed by atoms with van der Waals surface area (Å²) in [7, 11) is 0. The molecule has 106 valence electrons. The number of hydrogen-bond acceptors (Lipinski definition) is 3. The van der Waals surface area contributed by atoms with Crippen LogP contribution in [0, 0.1) is 12.3 Å². The van der Waals surface area contributed by atoms with E-state index >= 15 is 0 Å². The molecule has 1 aliphatic carbocycles. The van der Waals surface area contributed by atoms with Crippen molar-refractivity contribution in [3.05, 3.63) is 12.0 Å². The molecule has 4 heteroatoms. The fourth-order valence-corrected chi connectivity index (χ4v) is 2.56. The van der Waals surface area contributed by atoms with E-state index in [1.807, 2.05) is 27.7 Å². The van der Waals surface area contributed by atoms with E-state index in [4.69, 9.17) is 4.42 Å². The van der Waals surface area contributed by atoms with Gasteiger partial charge in [-0.2, -0.15) is 4.98 Å². The Balaban J connectivity index is 2.29. The molecule has 0 aromatic carbocycles. The van der Waals surface area contributed by atoms with Gasteiger partial charge in [-0.15, -0.1) is 0 Å². The van der Waals surface area contributed by atoms with Gasteiger partial charge in [-0.05, 0) is 19.8 Å². The molecule has 4 nitrogen and oxygen atoms in total. The van der Waals surface area contributed by atoms with Gasteiger partial charge in [0, 0.05) is 11.5 Å². The van der Waals surface area contributed by atoms with Crippen LogP contribution in [0.25, 0.3) is 0 Å². The van der Waals surface area contributed by atoms with Crippen LogP contribution in [0.15, 0.2) is 10.7 Å². The summed E-state index contributed by atoms with van der Waals surface area (Å²) in [4.78, 5) is 18.9. The minimum atomic E-state index is -0.417. The fraction of sp³-hybridized carbons (Fsp3) is 0.733. The van der Waals surface area contributed by atoms with E-state index in [1.165, 1.54) is 19.3 Å². The molecule has 1 saturated carbocycles. The Morgan fingerprint density at radius 1 is 1.32 bits per heavy atom. The van der Waals surface area contributed by atoms with Gasteiger partial charge in [-0.25, -0.2) is 0 Å². The number of carbonyl (C=O) groups excluding carboxylic acids is 1. The highest BCUT2D eigenvalue weighted by atomic mass is 16.4. The largest absolute Gasteiger partial charge is 0.431 e. The molecule has 0 atom stereocenters. The van der Waals surface area contributed by atoms with E-state index in [9.17, 15) is 4.79 Å². The molecule has 19 heavy (non-hydrogen) atoms. The van der Waals surface area contributed by atoms with Crippen molar-refractivity contribution in [2.75, 3.05) is 4.90 Å². The quantitative estimate of drug-likeness (QED) is 0.818.